The Morgan fingerprint density at radius 2 is 2.24 bits per heavy atom. The maximum atomic E-state index is 12.8. The van der Waals surface area contributed by atoms with Gasteiger partial charge in [-0.1, -0.05) is 6.07 Å². The molecule has 1 amide bonds. The highest BCUT2D eigenvalue weighted by Crippen LogP contribution is 2.34. The molecule has 0 spiro atoms. The molecule has 3 heterocycles. The van der Waals surface area contributed by atoms with Crippen molar-refractivity contribution in [1.82, 2.24) is 14.0 Å². The number of hydrogen-bond acceptors (Lipinski definition) is 5. The first-order valence-corrected chi connectivity index (χ1v) is 9.02. The van der Waals surface area contributed by atoms with Gasteiger partial charge in [0.15, 0.2) is 0 Å². The number of rotatable bonds is 4. The molecule has 8 heteroatoms. The smallest absolute Gasteiger partial charge is 0.331 e. The minimum absolute atomic E-state index is 0.00393. The summed E-state index contributed by atoms with van der Waals surface area (Å²) in [6.45, 7) is 2.33. The van der Waals surface area contributed by atoms with Crippen molar-refractivity contribution in [2.24, 2.45) is 0 Å². The van der Waals surface area contributed by atoms with Gasteiger partial charge in [-0.25, -0.2) is 9.36 Å². The molecule has 1 unspecified atom stereocenters. The number of likely N-dealkylation sites (tertiary alicyclic amines) is 1. The number of aryl methyl sites for hydroxylation is 1. The minimum Gasteiger partial charge on any atom is -0.333 e. The van der Waals surface area contributed by atoms with Crippen molar-refractivity contribution < 1.29 is 4.79 Å². The third-order valence-electron chi connectivity index (χ3n) is 4.44. The maximum absolute atomic E-state index is 12.8. The molecular weight excluding hydrogens is 340 g/mol. The van der Waals surface area contributed by atoms with Gasteiger partial charge in [0.25, 0.3) is 5.56 Å². The lowest BCUT2D eigenvalue weighted by Crippen LogP contribution is -2.45. The van der Waals surface area contributed by atoms with E-state index in [-0.39, 0.29) is 24.1 Å². The summed E-state index contributed by atoms with van der Waals surface area (Å²) in [6.07, 6.45) is 3.01. The molecule has 1 fully saturated rings. The molecule has 0 aliphatic carbocycles. The fourth-order valence-corrected chi connectivity index (χ4v) is 4.04. The standard InChI is InChI=1S/C17H18N4O3S/c1-2-19-10-12(9-18)16(23)21(17(19)24)11-15(22)20-7-3-5-13(20)14-6-4-8-25-14/h4,6,8,10,13H,2-3,5,7,11H2,1H3. The number of amides is 1. The third kappa shape index (κ3) is 3.15. The lowest BCUT2D eigenvalue weighted by Gasteiger charge is -2.24. The lowest BCUT2D eigenvalue weighted by atomic mass is 10.2. The first-order chi connectivity index (χ1) is 12.1. The van der Waals surface area contributed by atoms with Gasteiger partial charge in [0.1, 0.15) is 18.2 Å². The van der Waals surface area contributed by atoms with E-state index in [1.165, 1.54) is 10.8 Å². The van der Waals surface area contributed by atoms with Crippen LogP contribution < -0.4 is 11.2 Å². The van der Waals surface area contributed by atoms with E-state index in [1.807, 2.05) is 17.5 Å². The highest BCUT2D eigenvalue weighted by molar-refractivity contribution is 7.10. The van der Waals surface area contributed by atoms with Gasteiger partial charge in [0.05, 0.1) is 6.04 Å². The van der Waals surface area contributed by atoms with Gasteiger partial charge in [-0.3, -0.25) is 14.2 Å². The van der Waals surface area contributed by atoms with Crippen molar-refractivity contribution in [3.63, 3.8) is 0 Å². The average Bonchev–Trinajstić information content (AvgIpc) is 3.29. The molecule has 1 aliphatic heterocycles. The summed E-state index contributed by atoms with van der Waals surface area (Å²) < 4.78 is 2.14. The molecule has 25 heavy (non-hydrogen) atoms. The average molecular weight is 358 g/mol. The third-order valence-corrected chi connectivity index (χ3v) is 5.41. The van der Waals surface area contributed by atoms with Crippen LogP contribution in [0.15, 0.2) is 33.3 Å². The molecule has 3 rings (SSSR count). The zero-order valence-electron chi connectivity index (χ0n) is 13.8. The molecule has 7 nitrogen and oxygen atoms in total. The van der Waals surface area contributed by atoms with Crippen LogP contribution in [0.3, 0.4) is 0 Å². The predicted molar refractivity (Wildman–Crippen MR) is 93.4 cm³/mol. The Labute approximate surface area is 148 Å². The summed E-state index contributed by atoms with van der Waals surface area (Å²) in [5.41, 5.74) is -1.41. The van der Waals surface area contributed by atoms with Gasteiger partial charge in [0.2, 0.25) is 5.91 Å². The molecule has 130 valence electrons. The number of hydrogen-bond donors (Lipinski definition) is 0. The predicted octanol–water partition coefficient (Wildman–Crippen LogP) is 1.33. The van der Waals surface area contributed by atoms with Crippen LogP contribution in [0.25, 0.3) is 0 Å². The molecule has 1 atom stereocenters. The summed E-state index contributed by atoms with van der Waals surface area (Å²) in [7, 11) is 0. The molecule has 0 radical (unpaired) electrons. The van der Waals surface area contributed by atoms with Gasteiger partial charge in [-0.05, 0) is 31.2 Å². The minimum atomic E-state index is -0.711. The van der Waals surface area contributed by atoms with Crippen LogP contribution >= 0.6 is 11.3 Å². The molecule has 2 aromatic heterocycles. The van der Waals surface area contributed by atoms with E-state index in [9.17, 15) is 14.4 Å². The zero-order chi connectivity index (χ0) is 18.0. The van der Waals surface area contributed by atoms with E-state index in [2.05, 4.69) is 0 Å². The summed E-state index contributed by atoms with van der Waals surface area (Å²) in [4.78, 5) is 40.3. The van der Waals surface area contributed by atoms with Crippen molar-refractivity contribution in [3.05, 3.63) is 55.0 Å². The number of aromatic nitrogens is 2. The number of carbonyl (C=O) groups excluding carboxylic acids is 1. The second-order valence-electron chi connectivity index (χ2n) is 5.88. The number of carbonyl (C=O) groups is 1. The topological polar surface area (TPSA) is 88.1 Å². The molecule has 1 saturated heterocycles. The molecule has 2 aromatic rings. The lowest BCUT2D eigenvalue weighted by molar-refractivity contribution is -0.132. The normalized spacial score (nSPS) is 16.8. The highest BCUT2D eigenvalue weighted by atomic mass is 32.1. The van der Waals surface area contributed by atoms with Crippen LogP contribution in [0.4, 0.5) is 0 Å². The van der Waals surface area contributed by atoms with E-state index in [0.717, 1.165) is 22.3 Å². The van der Waals surface area contributed by atoms with Crippen molar-refractivity contribution in [1.29, 1.82) is 5.26 Å². The van der Waals surface area contributed by atoms with Crippen LogP contribution in [0.5, 0.6) is 0 Å². The summed E-state index contributed by atoms with van der Waals surface area (Å²) >= 11 is 1.59. The van der Waals surface area contributed by atoms with Crippen molar-refractivity contribution >= 4 is 17.2 Å². The summed E-state index contributed by atoms with van der Waals surface area (Å²) in [5.74, 6) is -0.271. The van der Waals surface area contributed by atoms with E-state index < -0.39 is 11.2 Å². The number of nitrogens with zero attached hydrogens (tertiary/aromatic N) is 4. The Kier molecular flexibility index (Phi) is 4.86. The second kappa shape index (κ2) is 7.07. The van der Waals surface area contributed by atoms with Crippen molar-refractivity contribution in [2.75, 3.05) is 6.54 Å². The van der Waals surface area contributed by atoms with Gasteiger partial charge in [0, 0.05) is 24.2 Å². The fourth-order valence-electron chi connectivity index (χ4n) is 3.16. The van der Waals surface area contributed by atoms with Crippen LogP contribution in [0.1, 0.15) is 36.2 Å². The monoisotopic (exact) mass is 358 g/mol. The Morgan fingerprint density at radius 3 is 2.88 bits per heavy atom. The van der Waals surface area contributed by atoms with E-state index in [4.69, 9.17) is 5.26 Å². The van der Waals surface area contributed by atoms with Crippen molar-refractivity contribution in [3.8, 4) is 6.07 Å². The molecule has 0 bridgehead atoms. The Hall–Kier alpha value is -2.66. The summed E-state index contributed by atoms with van der Waals surface area (Å²) in [5, 5.41) is 11.1. The second-order valence-corrected chi connectivity index (χ2v) is 6.85. The SMILES string of the molecule is CCn1cc(C#N)c(=O)n(CC(=O)N2CCCC2c2cccs2)c1=O. The number of thiophene rings is 1. The van der Waals surface area contributed by atoms with Crippen LogP contribution in [0, 0.1) is 11.3 Å². The van der Waals surface area contributed by atoms with Gasteiger partial charge < -0.3 is 4.90 Å². The van der Waals surface area contributed by atoms with E-state index >= 15 is 0 Å². The van der Waals surface area contributed by atoms with Gasteiger partial charge >= 0.3 is 5.69 Å². The van der Waals surface area contributed by atoms with Gasteiger partial charge in [-0.15, -0.1) is 11.3 Å². The molecule has 0 aromatic carbocycles. The van der Waals surface area contributed by atoms with Crippen molar-refractivity contribution in [2.45, 2.75) is 38.9 Å². The first kappa shape index (κ1) is 17.2. The highest BCUT2D eigenvalue weighted by Gasteiger charge is 2.31. The quantitative estimate of drug-likeness (QED) is 0.825. The maximum Gasteiger partial charge on any atom is 0.331 e. The van der Waals surface area contributed by atoms with Crippen LogP contribution in [-0.4, -0.2) is 26.5 Å². The van der Waals surface area contributed by atoms with Gasteiger partial charge in [-0.2, -0.15) is 5.26 Å². The molecule has 0 N–H and O–H groups in total. The Bertz CT molecular complexity index is 936. The molecular formula is C17H18N4O3S. The Morgan fingerprint density at radius 1 is 1.44 bits per heavy atom. The molecule has 1 aliphatic rings. The first-order valence-electron chi connectivity index (χ1n) is 8.14. The Balaban J connectivity index is 1.92. The van der Waals surface area contributed by atoms with E-state index in [1.54, 1.807) is 29.2 Å². The fraction of sp³-hybridized carbons (Fsp3) is 0.412. The van der Waals surface area contributed by atoms with Crippen LogP contribution in [-0.2, 0) is 17.9 Å². The van der Waals surface area contributed by atoms with E-state index in [0.29, 0.717) is 13.1 Å². The summed E-state index contributed by atoms with van der Waals surface area (Å²) in [6, 6.07) is 5.73. The largest absolute Gasteiger partial charge is 0.333 e. The van der Waals surface area contributed by atoms with Crippen LogP contribution in [0.2, 0.25) is 0 Å². The zero-order valence-corrected chi connectivity index (χ0v) is 14.7. The molecule has 0 saturated carbocycles. The number of nitriles is 1.